The van der Waals surface area contributed by atoms with Crippen molar-refractivity contribution in [2.24, 2.45) is 11.3 Å². The minimum Gasteiger partial charge on any atom is -0.466 e. The molecule has 0 aromatic carbocycles. The Morgan fingerprint density at radius 1 is 1.18 bits per heavy atom. The zero-order valence-electron chi connectivity index (χ0n) is 21.9. The number of carbonyl (C=O) groups excluding carboxylic acids is 1. The van der Waals surface area contributed by atoms with E-state index in [1.165, 1.54) is 6.20 Å². The Labute approximate surface area is 229 Å². The lowest BCUT2D eigenvalue weighted by atomic mass is 9.69. The summed E-state index contributed by atoms with van der Waals surface area (Å²) >= 11 is 0. The molecule has 1 aliphatic heterocycles. The van der Waals surface area contributed by atoms with Gasteiger partial charge in [0.15, 0.2) is 5.82 Å². The molecule has 0 amide bonds. The highest BCUT2D eigenvalue weighted by molar-refractivity contribution is 5.72. The van der Waals surface area contributed by atoms with Gasteiger partial charge in [-0.05, 0) is 56.2 Å². The van der Waals surface area contributed by atoms with Crippen molar-refractivity contribution in [2.75, 3.05) is 35.6 Å². The molecular formula is C27H30F3N7O3. The van der Waals surface area contributed by atoms with Gasteiger partial charge in [0.05, 0.1) is 12.5 Å². The fourth-order valence-electron chi connectivity index (χ4n) is 5.55. The van der Waals surface area contributed by atoms with E-state index >= 15 is 0 Å². The lowest BCUT2D eigenvalue weighted by Crippen LogP contribution is -2.35. The summed E-state index contributed by atoms with van der Waals surface area (Å²) in [6.07, 6.45) is 2.43. The monoisotopic (exact) mass is 557 g/mol. The predicted molar refractivity (Wildman–Crippen MR) is 142 cm³/mol. The van der Waals surface area contributed by atoms with E-state index in [1.807, 2.05) is 6.92 Å². The molecular weight excluding hydrogens is 527 g/mol. The van der Waals surface area contributed by atoms with Crippen molar-refractivity contribution in [1.82, 2.24) is 19.9 Å². The van der Waals surface area contributed by atoms with Gasteiger partial charge in [0, 0.05) is 43.2 Å². The Bertz CT molecular complexity index is 1360. The largest absolute Gasteiger partial charge is 0.573 e. The van der Waals surface area contributed by atoms with E-state index in [1.54, 1.807) is 24.4 Å². The Balaban J connectivity index is 1.42. The molecule has 2 aliphatic rings. The minimum absolute atomic E-state index is 0.0258. The molecule has 1 spiro atoms. The fraction of sp³-hybridized carbons (Fsp3) is 0.444. The molecule has 1 saturated carbocycles. The number of anilines is 4. The van der Waals surface area contributed by atoms with Crippen LogP contribution >= 0.6 is 0 Å². The van der Waals surface area contributed by atoms with Crippen molar-refractivity contribution in [3.05, 3.63) is 42.7 Å². The van der Waals surface area contributed by atoms with Crippen LogP contribution in [-0.4, -0.2) is 52.0 Å². The van der Waals surface area contributed by atoms with Crippen LogP contribution in [0, 0.1) is 11.3 Å². The summed E-state index contributed by atoms with van der Waals surface area (Å²) in [5.74, 6) is 1.17. The molecule has 10 nitrogen and oxygen atoms in total. The average molecular weight is 558 g/mol. The molecule has 13 heteroatoms. The number of pyridine rings is 2. The van der Waals surface area contributed by atoms with Gasteiger partial charge in [-0.3, -0.25) is 4.79 Å². The summed E-state index contributed by atoms with van der Waals surface area (Å²) < 4.78 is 47.5. The molecule has 1 aliphatic carbocycles. The molecule has 0 bridgehead atoms. The van der Waals surface area contributed by atoms with Gasteiger partial charge in [-0.15, -0.1) is 13.2 Å². The molecule has 2 atom stereocenters. The van der Waals surface area contributed by atoms with Crippen LogP contribution in [0.1, 0.15) is 39.0 Å². The first-order valence-electron chi connectivity index (χ1n) is 13.1. The predicted octanol–water partition coefficient (Wildman–Crippen LogP) is 5.11. The van der Waals surface area contributed by atoms with Crippen LogP contribution in [-0.2, 0) is 9.53 Å². The van der Waals surface area contributed by atoms with Crippen LogP contribution < -0.4 is 20.7 Å². The highest BCUT2D eigenvalue weighted by Crippen LogP contribution is 2.47. The number of aromatic nitrogens is 4. The number of rotatable bonds is 7. The molecule has 3 N–H and O–H groups in total. The van der Waals surface area contributed by atoms with Crippen LogP contribution in [0.5, 0.6) is 5.75 Å². The second-order valence-electron chi connectivity index (χ2n) is 10.2. The number of hydrogen-bond donors (Lipinski definition) is 2. The number of alkyl halides is 3. The van der Waals surface area contributed by atoms with E-state index < -0.39 is 12.1 Å². The third-order valence-corrected chi connectivity index (χ3v) is 7.30. The molecule has 5 rings (SSSR count). The zero-order chi connectivity index (χ0) is 28.3. The van der Waals surface area contributed by atoms with Crippen molar-refractivity contribution in [2.45, 2.75) is 45.4 Å². The standard InChI is InChI=1S/C27H30F3N7O3/c1-2-39-25(38)17-4-3-8-26(14-17)9-11-37(16-26)23-13-22(35-24(36-23)18-5-6-20(31)33-15-18)34-21-12-19(7-10-32-21)40-27(28,29)30/h5-7,10,12-13,15,17H,2-4,8-9,11,14,16H2,1H3,(H2,31,33)(H,32,34,35,36). The number of esters is 1. The molecule has 2 fully saturated rings. The molecule has 1 saturated heterocycles. The van der Waals surface area contributed by atoms with Crippen molar-refractivity contribution in [3.8, 4) is 17.1 Å². The third kappa shape index (κ3) is 6.52. The number of ether oxygens (including phenoxy) is 2. The number of halogens is 3. The number of nitrogens with two attached hydrogens (primary N) is 1. The lowest BCUT2D eigenvalue weighted by molar-refractivity contribution is -0.274. The normalized spacial score (nSPS) is 20.9. The molecule has 212 valence electrons. The van der Waals surface area contributed by atoms with Crippen LogP contribution in [0.25, 0.3) is 11.4 Å². The van der Waals surface area contributed by atoms with Gasteiger partial charge < -0.3 is 25.4 Å². The number of nitrogens with zero attached hydrogens (tertiary/aromatic N) is 5. The maximum absolute atomic E-state index is 12.7. The molecule has 2 unspecified atom stereocenters. The first-order chi connectivity index (χ1) is 19.1. The van der Waals surface area contributed by atoms with Gasteiger partial charge >= 0.3 is 12.3 Å². The molecule has 4 heterocycles. The second-order valence-corrected chi connectivity index (χ2v) is 10.2. The summed E-state index contributed by atoms with van der Waals surface area (Å²) in [5.41, 5.74) is 6.34. The van der Waals surface area contributed by atoms with Crippen LogP contribution in [0.2, 0.25) is 0 Å². The van der Waals surface area contributed by atoms with Gasteiger partial charge in [0.25, 0.3) is 0 Å². The Morgan fingerprint density at radius 3 is 2.77 bits per heavy atom. The lowest BCUT2D eigenvalue weighted by Gasteiger charge is -2.37. The number of carbonyl (C=O) groups is 1. The topological polar surface area (TPSA) is 128 Å². The first kappa shape index (κ1) is 27.4. The Kier molecular flexibility index (Phi) is 7.63. The average Bonchev–Trinajstić information content (AvgIpc) is 3.31. The highest BCUT2D eigenvalue weighted by atomic mass is 19.4. The van der Waals surface area contributed by atoms with Gasteiger partial charge in [-0.1, -0.05) is 6.42 Å². The van der Waals surface area contributed by atoms with Crippen molar-refractivity contribution >= 4 is 29.2 Å². The van der Waals surface area contributed by atoms with Crippen LogP contribution in [0.4, 0.5) is 36.4 Å². The summed E-state index contributed by atoms with van der Waals surface area (Å²) in [6.45, 7) is 3.64. The molecule has 3 aromatic rings. The maximum atomic E-state index is 12.7. The van der Waals surface area contributed by atoms with E-state index in [-0.39, 0.29) is 23.1 Å². The Morgan fingerprint density at radius 2 is 2.02 bits per heavy atom. The minimum atomic E-state index is -4.83. The summed E-state index contributed by atoms with van der Waals surface area (Å²) in [5, 5.41) is 2.98. The van der Waals surface area contributed by atoms with Crippen LogP contribution in [0.15, 0.2) is 42.7 Å². The fourth-order valence-corrected chi connectivity index (χ4v) is 5.55. The number of hydrogen-bond acceptors (Lipinski definition) is 10. The molecule has 3 aromatic heterocycles. The van der Waals surface area contributed by atoms with E-state index in [0.717, 1.165) is 50.8 Å². The highest BCUT2D eigenvalue weighted by Gasteiger charge is 2.44. The molecule has 40 heavy (non-hydrogen) atoms. The molecule has 0 radical (unpaired) electrons. The number of nitrogens with one attached hydrogen (secondary N) is 1. The summed E-state index contributed by atoms with van der Waals surface area (Å²) in [6, 6.07) is 7.38. The van der Waals surface area contributed by atoms with Crippen molar-refractivity contribution in [3.63, 3.8) is 0 Å². The summed E-state index contributed by atoms with van der Waals surface area (Å²) in [4.78, 5) is 32.2. The smallest absolute Gasteiger partial charge is 0.466 e. The van der Waals surface area contributed by atoms with E-state index in [0.29, 0.717) is 42.0 Å². The summed E-state index contributed by atoms with van der Waals surface area (Å²) in [7, 11) is 0. The van der Waals surface area contributed by atoms with E-state index in [2.05, 4.69) is 29.9 Å². The van der Waals surface area contributed by atoms with Crippen molar-refractivity contribution < 1.29 is 27.4 Å². The van der Waals surface area contributed by atoms with Gasteiger partial charge in [0.1, 0.15) is 29.0 Å². The quantitative estimate of drug-likeness (QED) is 0.378. The van der Waals surface area contributed by atoms with E-state index in [4.69, 9.17) is 15.5 Å². The van der Waals surface area contributed by atoms with Gasteiger partial charge in [-0.25, -0.2) is 19.9 Å². The Hall–Kier alpha value is -4.16. The zero-order valence-corrected chi connectivity index (χ0v) is 21.9. The SMILES string of the molecule is CCOC(=O)C1CCCC2(CCN(c3cc(Nc4cc(OC(F)(F)F)ccn4)nc(-c4ccc(N)nc4)n3)C2)C1. The second kappa shape index (κ2) is 11.1. The third-order valence-electron chi connectivity index (χ3n) is 7.30. The van der Waals surface area contributed by atoms with Crippen molar-refractivity contribution in [1.29, 1.82) is 0 Å². The van der Waals surface area contributed by atoms with E-state index in [9.17, 15) is 18.0 Å². The number of nitrogen functional groups attached to an aromatic ring is 1. The maximum Gasteiger partial charge on any atom is 0.573 e. The van der Waals surface area contributed by atoms with Gasteiger partial charge in [-0.2, -0.15) is 0 Å². The van der Waals surface area contributed by atoms with Crippen LogP contribution in [0.3, 0.4) is 0 Å². The first-order valence-corrected chi connectivity index (χ1v) is 13.1. The van der Waals surface area contributed by atoms with Gasteiger partial charge in [0.2, 0.25) is 0 Å².